The van der Waals surface area contributed by atoms with Gasteiger partial charge in [0.2, 0.25) is 0 Å². The van der Waals surface area contributed by atoms with Gasteiger partial charge < -0.3 is 4.55 Å². The maximum Gasteiger partial charge on any atom is 0.107 e. The minimum atomic E-state index is -2.56. The normalized spacial score (nSPS) is 12.4. The smallest absolute Gasteiger partial charge is 0.107 e. The summed E-state index contributed by atoms with van der Waals surface area (Å²) in [5.41, 5.74) is 5.26. The van der Waals surface area contributed by atoms with Crippen LogP contribution in [0.25, 0.3) is 0 Å². The monoisotopic (exact) mass is 187 g/mol. The van der Waals surface area contributed by atoms with Crippen LogP contribution < -0.4 is 11.0 Å². The molecule has 0 heterocycles. The molecule has 0 aliphatic rings. The van der Waals surface area contributed by atoms with Crippen molar-refractivity contribution < 1.29 is 13.0 Å². The third-order valence-electron chi connectivity index (χ3n) is 1.08. The Kier molecular flexibility index (Phi) is 3.68. The van der Waals surface area contributed by atoms with Gasteiger partial charge in [-0.3, -0.25) is 5.43 Å². The van der Waals surface area contributed by atoms with Gasteiger partial charge in [0.05, 0.1) is 5.69 Å². The van der Waals surface area contributed by atoms with Crippen molar-refractivity contribution in [3.8, 4) is 0 Å². The Labute approximate surface area is 72.2 Å². The van der Waals surface area contributed by atoms with Crippen molar-refractivity contribution in [1.82, 2.24) is 5.59 Å². The van der Waals surface area contributed by atoms with Crippen molar-refractivity contribution in [2.24, 2.45) is 0 Å². The third-order valence-corrected chi connectivity index (χ3v) is 1.30. The molecule has 66 valence electrons. The second-order valence-corrected chi connectivity index (χ2v) is 2.46. The zero-order chi connectivity index (χ0) is 8.81. The highest BCUT2D eigenvalue weighted by molar-refractivity contribution is 7.74. The van der Waals surface area contributed by atoms with Crippen LogP contribution in [0.2, 0.25) is 0 Å². The molecule has 0 radical (unpaired) electrons. The van der Waals surface area contributed by atoms with Crippen molar-refractivity contribution in [3.63, 3.8) is 0 Å². The van der Waals surface area contributed by atoms with Crippen LogP contribution in [-0.4, -0.2) is 8.76 Å². The Morgan fingerprint density at radius 2 is 2.00 bits per heavy atom. The van der Waals surface area contributed by atoms with Crippen molar-refractivity contribution in [3.05, 3.63) is 30.3 Å². The first-order valence-electron chi connectivity index (χ1n) is 3.11. The van der Waals surface area contributed by atoms with E-state index in [1.165, 1.54) is 0 Å². The zero-order valence-electron chi connectivity index (χ0n) is 6.02. The van der Waals surface area contributed by atoms with Gasteiger partial charge in [0.15, 0.2) is 0 Å². The first-order valence-corrected chi connectivity index (χ1v) is 4.11. The summed E-state index contributed by atoms with van der Waals surface area (Å²) in [5, 5.41) is 0. The van der Waals surface area contributed by atoms with Crippen LogP contribution in [0.15, 0.2) is 30.3 Å². The molecule has 6 heteroatoms. The Hall–Kier alpha value is -0.950. The molecule has 1 atom stereocenters. The number of hydrogen-bond acceptors (Lipinski definition) is 5. The van der Waals surface area contributed by atoms with Gasteiger partial charge in [-0.2, -0.15) is 4.28 Å². The van der Waals surface area contributed by atoms with Crippen LogP contribution in [0.5, 0.6) is 0 Å². The number of rotatable bonds is 4. The maximum atomic E-state index is 9.86. The molecule has 0 saturated carbocycles. The summed E-state index contributed by atoms with van der Waals surface area (Å²) < 4.78 is 23.7. The van der Waals surface area contributed by atoms with Crippen LogP contribution >= 0.6 is 0 Å². The SMILES string of the molecule is O=S([O-])ONNc1ccccc1. The summed E-state index contributed by atoms with van der Waals surface area (Å²) >= 11 is -2.56. The summed E-state index contributed by atoms with van der Waals surface area (Å²) in [5.74, 6) is 0. The highest BCUT2D eigenvalue weighted by Gasteiger charge is 1.86. The van der Waals surface area contributed by atoms with E-state index in [0.29, 0.717) is 5.69 Å². The van der Waals surface area contributed by atoms with Crippen LogP contribution in [0, 0.1) is 0 Å². The molecule has 2 N–H and O–H groups in total. The molecular weight excluding hydrogens is 180 g/mol. The largest absolute Gasteiger partial charge is 0.748 e. The van der Waals surface area contributed by atoms with Crippen LogP contribution in [0.3, 0.4) is 0 Å². The molecule has 0 aliphatic heterocycles. The average Bonchev–Trinajstić information content (AvgIpc) is 2.05. The second-order valence-electron chi connectivity index (χ2n) is 1.88. The molecule has 0 fully saturated rings. The Morgan fingerprint density at radius 3 is 2.58 bits per heavy atom. The van der Waals surface area contributed by atoms with E-state index in [-0.39, 0.29) is 0 Å². The van der Waals surface area contributed by atoms with Gasteiger partial charge in [0, 0.05) is 0 Å². The lowest BCUT2D eigenvalue weighted by Gasteiger charge is -2.08. The summed E-state index contributed by atoms with van der Waals surface area (Å²) in [6, 6.07) is 8.96. The lowest BCUT2D eigenvalue weighted by molar-refractivity contribution is 0.218. The van der Waals surface area contributed by atoms with E-state index in [0.717, 1.165) is 0 Å². The summed E-state index contributed by atoms with van der Waals surface area (Å²) in [4.78, 5) is 0. The fourth-order valence-electron chi connectivity index (χ4n) is 0.635. The van der Waals surface area contributed by atoms with E-state index in [1.807, 2.05) is 11.7 Å². The van der Waals surface area contributed by atoms with Crippen LogP contribution in [0.4, 0.5) is 5.69 Å². The highest BCUT2D eigenvalue weighted by Crippen LogP contribution is 2.02. The number of benzene rings is 1. The molecule has 0 aromatic heterocycles. The van der Waals surface area contributed by atoms with Gasteiger partial charge >= 0.3 is 0 Å². The Bertz CT molecular complexity index is 254. The van der Waals surface area contributed by atoms with Crippen LogP contribution in [0.1, 0.15) is 0 Å². The first kappa shape index (κ1) is 9.14. The lowest BCUT2D eigenvalue weighted by Crippen LogP contribution is -2.22. The van der Waals surface area contributed by atoms with Crippen molar-refractivity contribution in [1.29, 1.82) is 0 Å². The first-order chi connectivity index (χ1) is 5.79. The predicted molar refractivity (Wildman–Crippen MR) is 43.2 cm³/mol. The van der Waals surface area contributed by atoms with Crippen molar-refractivity contribution >= 4 is 17.0 Å². The number of hydrazine groups is 1. The molecular formula is C6H7N2O3S-. The van der Waals surface area contributed by atoms with Crippen molar-refractivity contribution in [2.45, 2.75) is 0 Å². The predicted octanol–water partition coefficient (Wildman–Crippen LogP) is 0.329. The van der Waals surface area contributed by atoms with Crippen molar-refractivity contribution in [2.75, 3.05) is 5.43 Å². The number of nitrogens with one attached hydrogen (secondary N) is 2. The number of hydrogen-bond donors (Lipinski definition) is 2. The summed E-state index contributed by atoms with van der Waals surface area (Å²) in [7, 11) is 0. The molecule has 0 aliphatic carbocycles. The molecule has 1 aromatic rings. The minimum Gasteiger partial charge on any atom is -0.748 e. The van der Waals surface area contributed by atoms with Gasteiger partial charge in [0.25, 0.3) is 0 Å². The molecule has 0 bridgehead atoms. The van der Waals surface area contributed by atoms with E-state index < -0.39 is 11.4 Å². The average molecular weight is 187 g/mol. The molecule has 0 spiro atoms. The fraction of sp³-hybridized carbons (Fsp3) is 0. The van der Waals surface area contributed by atoms with E-state index in [4.69, 9.17) is 0 Å². The number of anilines is 1. The third kappa shape index (κ3) is 3.44. The van der Waals surface area contributed by atoms with E-state index in [2.05, 4.69) is 9.71 Å². The minimum absolute atomic E-state index is 0.711. The Morgan fingerprint density at radius 1 is 1.33 bits per heavy atom. The molecule has 0 saturated heterocycles. The molecule has 5 nitrogen and oxygen atoms in total. The fourth-order valence-corrected chi connectivity index (χ4v) is 0.745. The quantitative estimate of drug-likeness (QED) is 0.525. The Balaban J connectivity index is 2.29. The van der Waals surface area contributed by atoms with E-state index >= 15 is 0 Å². The zero-order valence-corrected chi connectivity index (χ0v) is 6.84. The van der Waals surface area contributed by atoms with Gasteiger partial charge in [-0.05, 0) is 12.1 Å². The lowest BCUT2D eigenvalue weighted by atomic mass is 10.3. The molecule has 1 aromatic carbocycles. The van der Waals surface area contributed by atoms with E-state index in [1.54, 1.807) is 24.3 Å². The molecule has 12 heavy (non-hydrogen) atoms. The van der Waals surface area contributed by atoms with Gasteiger partial charge in [0.1, 0.15) is 11.4 Å². The van der Waals surface area contributed by atoms with Gasteiger partial charge in [-0.15, -0.1) is 0 Å². The molecule has 0 amide bonds. The maximum absolute atomic E-state index is 9.86. The standard InChI is InChI=1S/C6H8N2O3S/c9-12(10)11-8-7-6-4-2-1-3-5-6/h1-5,7-8H,(H,9,10)/p-1. The van der Waals surface area contributed by atoms with E-state index in [9.17, 15) is 8.76 Å². The summed E-state index contributed by atoms with van der Waals surface area (Å²) in [6.45, 7) is 0. The number of para-hydroxylation sites is 1. The molecule has 1 unspecified atom stereocenters. The van der Waals surface area contributed by atoms with Gasteiger partial charge in [-0.25, -0.2) is 4.21 Å². The van der Waals surface area contributed by atoms with Crippen LogP contribution in [-0.2, 0) is 15.6 Å². The second kappa shape index (κ2) is 4.83. The summed E-state index contributed by atoms with van der Waals surface area (Å²) in [6.07, 6.45) is 0. The molecule has 1 rings (SSSR count). The topological polar surface area (TPSA) is 73.4 Å². The van der Waals surface area contributed by atoms with Gasteiger partial charge in [-0.1, -0.05) is 23.8 Å². The highest BCUT2D eigenvalue weighted by atomic mass is 32.2.